The van der Waals surface area contributed by atoms with Crippen LogP contribution in [0.3, 0.4) is 0 Å². The quantitative estimate of drug-likeness (QED) is 0.376. The summed E-state index contributed by atoms with van der Waals surface area (Å²) in [6.45, 7) is 8.64. The normalized spacial score (nSPS) is 11.3. The number of para-hydroxylation sites is 1. The molecule has 25 heavy (non-hydrogen) atoms. The molecule has 1 rings (SSSR count). The van der Waals surface area contributed by atoms with Crippen LogP contribution in [0, 0.1) is 0 Å². The molecule has 0 fully saturated rings. The van der Waals surface area contributed by atoms with Crippen LogP contribution in [-0.2, 0) is 19.1 Å². The van der Waals surface area contributed by atoms with Crippen molar-refractivity contribution in [2.75, 3.05) is 19.8 Å². The monoisotopic (exact) mass is 348 g/mol. The van der Waals surface area contributed by atoms with E-state index in [2.05, 4.69) is 13.2 Å². The van der Waals surface area contributed by atoms with Crippen molar-refractivity contribution < 1.29 is 28.9 Å². The van der Waals surface area contributed by atoms with Gasteiger partial charge in [0, 0.05) is 11.1 Å². The molecule has 1 N–H and O–H groups in total. The van der Waals surface area contributed by atoms with E-state index in [0.717, 1.165) is 0 Å². The summed E-state index contributed by atoms with van der Waals surface area (Å²) in [7, 11) is 0. The van der Waals surface area contributed by atoms with Crippen LogP contribution in [0.1, 0.15) is 19.8 Å². The second-order valence-corrected chi connectivity index (χ2v) is 5.47. The Morgan fingerprint density at radius 2 is 1.68 bits per heavy atom. The van der Waals surface area contributed by atoms with Gasteiger partial charge in [-0.2, -0.15) is 0 Å². The highest BCUT2D eigenvalue weighted by molar-refractivity contribution is 5.88. The van der Waals surface area contributed by atoms with E-state index in [4.69, 9.17) is 14.2 Å². The van der Waals surface area contributed by atoms with E-state index in [1.54, 1.807) is 12.1 Å². The minimum atomic E-state index is -0.721. The molecule has 0 amide bonds. The van der Waals surface area contributed by atoms with E-state index in [1.165, 1.54) is 6.92 Å². The summed E-state index contributed by atoms with van der Waals surface area (Å²) < 4.78 is 15.2. The molecule has 1 unspecified atom stereocenters. The van der Waals surface area contributed by atoms with Gasteiger partial charge in [0.05, 0.1) is 6.10 Å². The lowest BCUT2D eigenvalue weighted by Crippen LogP contribution is -2.19. The van der Waals surface area contributed by atoms with Crippen LogP contribution >= 0.6 is 0 Å². The highest BCUT2D eigenvalue weighted by atomic mass is 16.6. The topological polar surface area (TPSA) is 82.1 Å². The Kier molecular flexibility index (Phi) is 9.03. The molecule has 0 saturated carbocycles. The Balaban J connectivity index is 2.16. The minimum absolute atomic E-state index is 0.0434. The first-order valence-corrected chi connectivity index (χ1v) is 7.93. The molecule has 0 aliphatic heterocycles. The number of esters is 2. The Hall–Kier alpha value is -2.60. The van der Waals surface area contributed by atoms with Gasteiger partial charge in [0.1, 0.15) is 25.6 Å². The molecule has 136 valence electrons. The maximum absolute atomic E-state index is 11.7. The van der Waals surface area contributed by atoms with Gasteiger partial charge in [-0.3, -0.25) is 0 Å². The lowest BCUT2D eigenvalue weighted by molar-refractivity contribution is -0.147. The van der Waals surface area contributed by atoms with Crippen molar-refractivity contribution in [3.05, 3.63) is 54.6 Å². The van der Waals surface area contributed by atoms with E-state index in [9.17, 15) is 14.7 Å². The molecule has 0 heterocycles. The molecule has 0 bridgehead atoms. The molecule has 6 heteroatoms. The van der Waals surface area contributed by atoms with Crippen molar-refractivity contribution in [1.29, 1.82) is 0 Å². The average Bonchev–Trinajstić information content (AvgIpc) is 2.61. The lowest BCUT2D eigenvalue weighted by Gasteiger charge is -2.13. The first kappa shape index (κ1) is 20.4. The van der Waals surface area contributed by atoms with Gasteiger partial charge in [0.15, 0.2) is 0 Å². The fraction of sp³-hybridized carbons (Fsp3) is 0.368. The number of carbonyl (C=O) groups excluding carboxylic acids is 2. The van der Waals surface area contributed by atoms with E-state index < -0.39 is 18.0 Å². The average molecular weight is 348 g/mol. The van der Waals surface area contributed by atoms with Crippen molar-refractivity contribution in [2.45, 2.75) is 25.9 Å². The largest absolute Gasteiger partial charge is 0.491 e. The summed E-state index contributed by atoms with van der Waals surface area (Å²) >= 11 is 0. The SMILES string of the molecule is C=C(C)C(=O)OCCOC(=O)C(=C)CCC(O)COc1ccccc1. The van der Waals surface area contributed by atoms with Crippen molar-refractivity contribution >= 4 is 11.9 Å². The van der Waals surface area contributed by atoms with Gasteiger partial charge in [-0.15, -0.1) is 0 Å². The molecule has 1 aromatic carbocycles. The minimum Gasteiger partial charge on any atom is -0.491 e. The van der Waals surface area contributed by atoms with Gasteiger partial charge in [-0.25, -0.2) is 9.59 Å². The first-order valence-electron chi connectivity index (χ1n) is 7.93. The number of hydrogen-bond donors (Lipinski definition) is 1. The standard InChI is InChI=1S/C19H24O6/c1-14(2)18(21)23-11-12-24-19(22)15(3)9-10-16(20)13-25-17-7-5-4-6-8-17/h4-8,16,20H,1,3,9-13H2,2H3. The van der Waals surface area contributed by atoms with Gasteiger partial charge in [-0.1, -0.05) is 31.4 Å². The predicted molar refractivity (Wildman–Crippen MR) is 93.0 cm³/mol. The van der Waals surface area contributed by atoms with Crippen molar-refractivity contribution in [3.63, 3.8) is 0 Å². The first-order chi connectivity index (χ1) is 11.9. The van der Waals surface area contributed by atoms with Gasteiger partial charge < -0.3 is 19.3 Å². The zero-order valence-electron chi connectivity index (χ0n) is 14.4. The smallest absolute Gasteiger partial charge is 0.333 e. The molecule has 1 atom stereocenters. The summed E-state index contributed by atoms with van der Waals surface area (Å²) in [5.74, 6) is -0.442. The maximum Gasteiger partial charge on any atom is 0.333 e. The van der Waals surface area contributed by atoms with E-state index in [-0.39, 0.29) is 37.4 Å². The third-order valence-corrected chi connectivity index (χ3v) is 3.15. The summed E-state index contributed by atoms with van der Waals surface area (Å²) in [6.07, 6.45) is -0.115. The van der Waals surface area contributed by atoms with Crippen molar-refractivity contribution in [2.24, 2.45) is 0 Å². The fourth-order valence-electron chi connectivity index (χ4n) is 1.73. The number of aliphatic hydroxyl groups is 1. The molecule has 0 spiro atoms. The number of rotatable bonds is 11. The van der Waals surface area contributed by atoms with Crippen molar-refractivity contribution in [3.8, 4) is 5.75 Å². The van der Waals surface area contributed by atoms with Crippen LogP contribution in [0.25, 0.3) is 0 Å². The second-order valence-electron chi connectivity index (χ2n) is 5.47. The Morgan fingerprint density at radius 3 is 2.28 bits per heavy atom. The van der Waals surface area contributed by atoms with Crippen LogP contribution in [0.4, 0.5) is 0 Å². The highest BCUT2D eigenvalue weighted by Crippen LogP contribution is 2.12. The van der Waals surface area contributed by atoms with Crippen LogP contribution in [0.2, 0.25) is 0 Å². The third-order valence-electron chi connectivity index (χ3n) is 3.15. The van der Waals surface area contributed by atoms with Gasteiger partial charge in [0.2, 0.25) is 0 Å². The molecule has 0 aliphatic rings. The molecule has 0 radical (unpaired) electrons. The second kappa shape index (κ2) is 11.0. The van der Waals surface area contributed by atoms with Crippen LogP contribution in [0.5, 0.6) is 5.75 Å². The Morgan fingerprint density at radius 1 is 1.08 bits per heavy atom. The van der Waals surface area contributed by atoms with E-state index >= 15 is 0 Å². The molecule has 0 aliphatic carbocycles. The van der Waals surface area contributed by atoms with Crippen LogP contribution < -0.4 is 4.74 Å². The molecule has 6 nitrogen and oxygen atoms in total. The Labute approximate surface area is 147 Å². The number of carbonyl (C=O) groups is 2. The van der Waals surface area contributed by atoms with Gasteiger partial charge in [0.25, 0.3) is 0 Å². The van der Waals surface area contributed by atoms with Crippen LogP contribution in [-0.4, -0.2) is 43.0 Å². The summed E-state index contributed by atoms with van der Waals surface area (Å²) in [5, 5.41) is 9.88. The maximum atomic E-state index is 11.7. The predicted octanol–water partition coefficient (Wildman–Crippen LogP) is 2.43. The number of aliphatic hydroxyl groups excluding tert-OH is 1. The molecular formula is C19H24O6. The molecule has 0 aromatic heterocycles. The lowest BCUT2D eigenvalue weighted by atomic mass is 10.1. The summed E-state index contributed by atoms with van der Waals surface area (Å²) in [6, 6.07) is 9.15. The third kappa shape index (κ3) is 8.72. The van der Waals surface area contributed by atoms with Crippen molar-refractivity contribution in [1.82, 2.24) is 0 Å². The summed E-state index contributed by atoms with van der Waals surface area (Å²) in [4.78, 5) is 22.9. The van der Waals surface area contributed by atoms with Gasteiger partial charge >= 0.3 is 11.9 Å². The van der Waals surface area contributed by atoms with Gasteiger partial charge in [-0.05, 0) is 31.9 Å². The molecule has 0 saturated heterocycles. The zero-order valence-corrected chi connectivity index (χ0v) is 14.4. The highest BCUT2D eigenvalue weighted by Gasteiger charge is 2.13. The molecular weight excluding hydrogens is 324 g/mol. The van der Waals surface area contributed by atoms with Crippen LogP contribution in [0.15, 0.2) is 54.6 Å². The molecule has 1 aromatic rings. The number of benzene rings is 1. The fourth-order valence-corrected chi connectivity index (χ4v) is 1.73. The zero-order chi connectivity index (χ0) is 18.7. The van der Waals surface area contributed by atoms with E-state index in [1.807, 2.05) is 18.2 Å². The van der Waals surface area contributed by atoms with E-state index in [0.29, 0.717) is 12.2 Å². The summed E-state index contributed by atoms with van der Waals surface area (Å²) in [5.41, 5.74) is 0.521. The Bertz CT molecular complexity index is 593. The number of hydrogen-bond acceptors (Lipinski definition) is 6. The number of ether oxygens (including phenoxy) is 3.